The molecule has 4 aromatic carbocycles. The monoisotopic (exact) mass is 798 g/mol. The van der Waals surface area contributed by atoms with Gasteiger partial charge in [0.05, 0.1) is 22.7 Å². The minimum atomic E-state index is -0.715. The number of aromatic hydroxyl groups is 2. The Bertz CT molecular complexity index is 1690. The fourth-order valence-electron chi connectivity index (χ4n) is 5.20. The summed E-state index contributed by atoms with van der Waals surface area (Å²) in [6.45, 7) is 16.9. The molecule has 0 aliphatic rings. The van der Waals surface area contributed by atoms with Crippen molar-refractivity contribution in [3.05, 3.63) is 122 Å². The first-order valence-electron chi connectivity index (χ1n) is 17.7. The Morgan fingerprint density at radius 3 is 1.38 bits per heavy atom. The first kappa shape index (κ1) is 46.6. The van der Waals surface area contributed by atoms with Gasteiger partial charge in [-0.1, -0.05) is 79.7 Å². The van der Waals surface area contributed by atoms with E-state index in [9.17, 15) is 28.6 Å². The molecule has 0 bridgehead atoms. The summed E-state index contributed by atoms with van der Waals surface area (Å²) in [6, 6.07) is 20.2. The number of nitrogens with two attached hydrogens (primary N) is 2. The van der Waals surface area contributed by atoms with Gasteiger partial charge in [-0.25, -0.2) is 8.78 Å². The van der Waals surface area contributed by atoms with Gasteiger partial charge < -0.3 is 26.4 Å². The molecule has 0 heterocycles. The molecule has 4 aromatic rings. The van der Waals surface area contributed by atoms with Crippen molar-refractivity contribution in [3.8, 4) is 17.2 Å². The van der Waals surface area contributed by atoms with Crippen LogP contribution >= 0.6 is 15.9 Å². The molecule has 0 spiro atoms. The Kier molecular flexibility index (Phi) is 20.5. The number of rotatable bonds is 11. The van der Waals surface area contributed by atoms with Gasteiger partial charge in [-0.05, 0) is 136 Å². The lowest BCUT2D eigenvalue weighted by Gasteiger charge is -2.07. The first-order valence-corrected chi connectivity index (χ1v) is 18.5. The van der Waals surface area contributed by atoms with E-state index in [1.165, 1.54) is 36.9 Å². The first-order chi connectivity index (χ1) is 24.7. The zero-order chi connectivity index (χ0) is 40.4. The number of halogens is 3. The number of primary amides is 2. The van der Waals surface area contributed by atoms with Crippen LogP contribution in [0.15, 0.2) is 77.3 Å². The lowest BCUT2D eigenvalue weighted by atomic mass is 10.0. The predicted octanol–water partition coefficient (Wildman–Crippen LogP) is 10.2. The van der Waals surface area contributed by atoms with Crippen LogP contribution in [0, 0.1) is 35.3 Å². The topological polar surface area (TPSA) is 136 Å². The lowest BCUT2D eigenvalue weighted by molar-refractivity contribution is 0.0988. The second-order valence-electron chi connectivity index (χ2n) is 14.5. The summed E-state index contributed by atoms with van der Waals surface area (Å²) in [5, 5.41) is 18.7. The molecule has 290 valence electrons. The van der Waals surface area contributed by atoms with Gasteiger partial charge in [0.2, 0.25) is 0 Å². The summed E-state index contributed by atoms with van der Waals surface area (Å²) in [7, 11) is 1.48. The zero-order valence-electron chi connectivity index (χ0n) is 32.5. The molecule has 0 atom stereocenters. The number of amides is 2. The van der Waals surface area contributed by atoms with E-state index in [0.29, 0.717) is 35.2 Å². The predicted molar refractivity (Wildman–Crippen MR) is 214 cm³/mol. The molecule has 0 saturated carbocycles. The summed E-state index contributed by atoms with van der Waals surface area (Å²) in [5.41, 5.74) is 14.6. The van der Waals surface area contributed by atoms with Crippen LogP contribution in [0.25, 0.3) is 0 Å². The van der Waals surface area contributed by atoms with E-state index >= 15 is 0 Å². The van der Waals surface area contributed by atoms with Gasteiger partial charge >= 0.3 is 0 Å². The third-order valence-corrected chi connectivity index (χ3v) is 8.10. The maximum Gasteiger partial charge on any atom is 0.252 e. The van der Waals surface area contributed by atoms with E-state index in [1.807, 2.05) is 24.3 Å². The third kappa shape index (κ3) is 18.2. The van der Waals surface area contributed by atoms with Crippen molar-refractivity contribution >= 4 is 27.7 Å². The molecule has 10 heteroatoms. The highest BCUT2D eigenvalue weighted by Gasteiger charge is 2.10. The number of phenolic OH excluding ortho intramolecular Hbond substituents is 1. The van der Waals surface area contributed by atoms with Crippen molar-refractivity contribution in [2.24, 2.45) is 35.1 Å². The molecule has 4 rings (SSSR count). The van der Waals surface area contributed by atoms with Crippen LogP contribution < -0.4 is 16.2 Å². The van der Waals surface area contributed by atoms with Crippen LogP contribution in [0.1, 0.15) is 98.4 Å². The molecule has 7 nitrogen and oxygen atoms in total. The van der Waals surface area contributed by atoms with E-state index < -0.39 is 17.6 Å². The largest absolute Gasteiger partial charge is 0.507 e. The van der Waals surface area contributed by atoms with Crippen LogP contribution in [0.3, 0.4) is 0 Å². The van der Waals surface area contributed by atoms with Crippen LogP contribution in [0.4, 0.5) is 8.78 Å². The van der Waals surface area contributed by atoms with Crippen LogP contribution in [0.2, 0.25) is 0 Å². The zero-order valence-corrected chi connectivity index (χ0v) is 34.1. The van der Waals surface area contributed by atoms with Crippen LogP contribution in [-0.2, 0) is 25.7 Å². The van der Waals surface area contributed by atoms with Crippen molar-refractivity contribution in [3.63, 3.8) is 0 Å². The number of phenols is 2. The van der Waals surface area contributed by atoms with E-state index in [-0.39, 0.29) is 22.7 Å². The number of benzene rings is 4. The van der Waals surface area contributed by atoms with E-state index in [4.69, 9.17) is 16.2 Å². The molecule has 6 N–H and O–H groups in total. The number of methoxy groups -OCH3 is 1. The minimum absolute atomic E-state index is 0.0249. The Morgan fingerprint density at radius 2 is 0.962 bits per heavy atom. The highest BCUT2D eigenvalue weighted by atomic mass is 79.9. The van der Waals surface area contributed by atoms with Gasteiger partial charge in [-0.15, -0.1) is 0 Å². The van der Waals surface area contributed by atoms with Crippen molar-refractivity contribution in [2.75, 3.05) is 7.11 Å². The van der Waals surface area contributed by atoms with Gasteiger partial charge in [0.25, 0.3) is 11.8 Å². The minimum Gasteiger partial charge on any atom is -0.507 e. The Labute approximate surface area is 322 Å². The van der Waals surface area contributed by atoms with E-state index in [1.54, 1.807) is 24.3 Å². The SMILES string of the molecule is CC(C)Cc1ccc(Br)c(O)c1.CC(C)Cc1ccc(F)c(C(N)=O)c1.CC(C)Cc1ccc(O)c(C(N)=O)c1.COc1cc(CC(C)C)ccc1F. The molecule has 0 saturated heterocycles. The summed E-state index contributed by atoms with van der Waals surface area (Å²) >= 11 is 3.25. The lowest BCUT2D eigenvalue weighted by Crippen LogP contribution is -2.13. The normalized spacial score (nSPS) is 10.6. The fourth-order valence-corrected chi connectivity index (χ4v) is 5.44. The second-order valence-corrected chi connectivity index (χ2v) is 15.4. The van der Waals surface area contributed by atoms with Gasteiger partial charge in [0.15, 0.2) is 11.6 Å². The van der Waals surface area contributed by atoms with E-state index in [0.717, 1.165) is 46.8 Å². The van der Waals surface area contributed by atoms with E-state index in [2.05, 4.69) is 71.3 Å². The number of hydrogen-bond acceptors (Lipinski definition) is 5. The van der Waals surface area contributed by atoms with Crippen molar-refractivity contribution in [1.29, 1.82) is 0 Å². The summed E-state index contributed by atoms with van der Waals surface area (Å²) < 4.78 is 31.7. The maximum atomic E-state index is 13.1. The molecule has 2 amide bonds. The van der Waals surface area contributed by atoms with Crippen LogP contribution in [0.5, 0.6) is 17.2 Å². The van der Waals surface area contributed by atoms with Crippen LogP contribution in [-0.4, -0.2) is 29.1 Å². The number of ether oxygens (including phenoxy) is 1. The molecule has 0 aliphatic heterocycles. The van der Waals surface area contributed by atoms with Gasteiger partial charge in [-0.3, -0.25) is 9.59 Å². The molecule has 0 fully saturated rings. The van der Waals surface area contributed by atoms with Gasteiger partial charge in [0.1, 0.15) is 17.3 Å². The Hall–Kier alpha value is -4.44. The maximum absolute atomic E-state index is 13.1. The Balaban J connectivity index is 0.000000354. The molecular weight excluding hydrogens is 742 g/mol. The van der Waals surface area contributed by atoms with Gasteiger partial charge in [-0.2, -0.15) is 0 Å². The molecule has 53 heavy (non-hydrogen) atoms. The standard InChI is InChI=1S/C11H14FNO.C11H15FO.C11H15NO2.C10H13BrO/c1-7(2)5-8-3-4-10(12)9(6-8)11(13)14;1-8(2)6-9-4-5-10(12)11(7-9)13-3;1-7(2)5-8-3-4-10(13)9(6-8)11(12)14;1-7(2)5-8-3-4-9(11)10(12)6-8/h3-4,6-7H,5H2,1-2H3,(H2,13,14);4-5,7-8H,6H2,1-3H3;3-4,6-7,13H,5H2,1-2H3,(H2,12,14);3-4,6-7,12H,5H2,1-2H3. The third-order valence-electron chi connectivity index (χ3n) is 7.42. The number of carbonyl (C=O) groups is 2. The number of hydrogen-bond donors (Lipinski definition) is 4. The highest BCUT2D eigenvalue weighted by molar-refractivity contribution is 9.10. The Morgan fingerprint density at radius 1 is 0.585 bits per heavy atom. The van der Waals surface area contributed by atoms with Crippen molar-refractivity contribution < 1.29 is 33.3 Å². The van der Waals surface area contributed by atoms with Crippen molar-refractivity contribution in [1.82, 2.24) is 0 Å². The molecule has 0 unspecified atom stereocenters. The molecular formula is C43H57BrF2N2O5. The molecule has 0 radical (unpaired) electrons. The van der Waals surface area contributed by atoms with Crippen molar-refractivity contribution in [2.45, 2.75) is 81.1 Å². The van der Waals surface area contributed by atoms with Gasteiger partial charge in [0, 0.05) is 0 Å². The molecule has 0 aromatic heterocycles. The number of carbonyl (C=O) groups excluding carboxylic acids is 2. The highest BCUT2D eigenvalue weighted by Crippen LogP contribution is 2.25. The summed E-state index contributed by atoms with van der Waals surface area (Å²) in [4.78, 5) is 21.8. The smallest absolute Gasteiger partial charge is 0.252 e. The summed E-state index contributed by atoms with van der Waals surface area (Å²) in [6.07, 6.45) is 3.67. The average molecular weight is 800 g/mol. The fraction of sp³-hybridized carbons (Fsp3) is 0.395. The summed E-state index contributed by atoms with van der Waals surface area (Å²) in [5.74, 6) is 0.653. The molecule has 0 aliphatic carbocycles. The average Bonchev–Trinajstić information content (AvgIpc) is 3.05. The second kappa shape index (κ2) is 23.3. The quantitative estimate of drug-likeness (QED) is 0.120.